The number of imide groups is 1. The van der Waals surface area contributed by atoms with Gasteiger partial charge in [-0.1, -0.05) is 27.7 Å². The smallest absolute Gasteiger partial charge is 0.326 e. The summed E-state index contributed by atoms with van der Waals surface area (Å²) in [6, 6.07) is -0.362. The van der Waals surface area contributed by atoms with Gasteiger partial charge in [0, 0.05) is 0 Å². The van der Waals surface area contributed by atoms with Gasteiger partial charge in [-0.3, -0.25) is 4.79 Å². The molecule has 0 aromatic carbocycles. The van der Waals surface area contributed by atoms with Gasteiger partial charge in [0.15, 0.2) is 0 Å². The molecule has 1 fully saturated rings. The Bertz CT molecular complexity index is 287. The number of urea groups is 1. The molecule has 1 heterocycles. The van der Waals surface area contributed by atoms with Crippen LogP contribution in [-0.2, 0) is 4.79 Å². The quantitative estimate of drug-likeness (QED) is 0.712. The lowest BCUT2D eigenvalue weighted by Crippen LogP contribution is -2.60. The molecule has 0 saturated carbocycles. The Kier molecular flexibility index (Phi) is 4.14. The fourth-order valence-electron chi connectivity index (χ4n) is 2.55. The van der Waals surface area contributed by atoms with Gasteiger partial charge in [-0.15, -0.1) is 0 Å². The lowest BCUT2D eigenvalue weighted by Gasteiger charge is -2.39. The third-order valence-electron chi connectivity index (χ3n) is 2.81. The zero-order chi connectivity index (χ0) is 13.2. The monoisotopic (exact) mass is 241 g/mol. The van der Waals surface area contributed by atoms with Gasteiger partial charge < -0.3 is 11.1 Å². The SMILES string of the molecule is CC(C)CC(N)(CC(C)C)N1C(=O)CNC1=O. The Hall–Kier alpha value is -1.10. The molecular weight excluding hydrogens is 218 g/mol. The van der Waals surface area contributed by atoms with Crippen LogP contribution in [0.2, 0.25) is 0 Å². The number of carbonyl (C=O) groups excluding carboxylic acids is 2. The molecule has 5 heteroatoms. The highest BCUT2D eigenvalue weighted by Crippen LogP contribution is 2.28. The Labute approximate surface area is 103 Å². The van der Waals surface area contributed by atoms with Crippen LogP contribution in [0.1, 0.15) is 40.5 Å². The second-order valence-electron chi connectivity index (χ2n) is 5.69. The Balaban J connectivity index is 2.95. The number of nitrogens with zero attached hydrogens (tertiary/aromatic N) is 1. The summed E-state index contributed by atoms with van der Waals surface area (Å²) >= 11 is 0. The Morgan fingerprint density at radius 2 is 1.71 bits per heavy atom. The predicted octanol–water partition coefficient (Wildman–Crippen LogP) is 1.29. The van der Waals surface area contributed by atoms with E-state index in [1.807, 2.05) is 27.7 Å². The van der Waals surface area contributed by atoms with Gasteiger partial charge in [0.2, 0.25) is 0 Å². The molecule has 0 aromatic heterocycles. The molecule has 0 aliphatic carbocycles. The zero-order valence-electron chi connectivity index (χ0n) is 11.1. The van der Waals surface area contributed by atoms with Crippen molar-refractivity contribution >= 4 is 11.9 Å². The zero-order valence-corrected chi connectivity index (χ0v) is 11.1. The van der Waals surface area contributed by atoms with E-state index in [4.69, 9.17) is 5.73 Å². The summed E-state index contributed by atoms with van der Waals surface area (Å²) in [6.07, 6.45) is 1.26. The van der Waals surface area contributed by atoms with Crippen molar-refractivity contribution in [2.45, 2.75) is 46.2 Å². The normalized spacial score (nSPS) is 17.2. The molecule has 0 unspecified atom stereocenters. The van der Waals surface area contributed by atoms with E-state index in [0.29, 0.717) is 24.7 Å². The molecule has 0 aromatic rings. The fraction of sp³-hybridized carbons (Fsp3) is 0.833. The maximum atomic E-state index is 11.8. The summed E-state index contributed by atoms with van der Waals surface area (Å²) < 4.78 is 0. The first-order chi connectivity index (χ1) is 7.76. The molecule has 1 aliphatic rings. The van der Waals surface area contributed by atoms with Gasteiger partial charge in [-0.2, -0.15) is 0 Å². The van der Waals surface area contributed by atoms with Crippen LogP contribution in [0.3, 0.4) is 0 Å². The minimum Gasteiger partial charge on any atom is -0.328 e. The highest BCUT2D eigenvalue weighted by Gasteiger charge is 2.44. The van der Waals surface area contributed by atoms with Crippen LogP contribution in [0, 0.1) is 11.8 Å². The average Bonchev–Trinajstić information content (AvgIpc) is 2.42. The van der Waals surface area contributed by atoms with Crippen molar-refractivity contribution in [2.24, 2.45) is 17.6 Å². The van der Waals surface area contributed by atoms with E-state index in [1.54, 1.807) is 0 Å². The highest BCUT2D eigenvalue weighted by molar-refractivity contribution is 6.02. The average molecular weight is 241 g/mol. The molecular formula is C12H23N3O2. The molecule has 3 amide bonds. The van der Waals surface area contributed by atoms with Gasteiger partial charge in [0.05, 0.1) is 6.54 Å². The minimum atomic E-state index is -0.861. The topological polar surface area (TPSA) is 75.4 Å². The van der Waals surface area contributed by atoms with Crippen molar-refractivity contribution in [3.63, 3.8) is 0 Å². The van der Waals surface area contributed by atoms with Gasteiger partial charge >= 0.3 is 6.03 Å². The first-order valence-corrected chi connectivity index (χ1v) is 6.16. The molecule has 5 nitrogen and oxygen atoms in total. The molecule has 1 aliphatic heterocycles. The maximum absolute atomic E-state index is 11.8. The number of hydrogen-bond donors (Lipinski definition) is 2. The standard InChI is InChI=1S/C12H23N3O2/c1-8(2)5-12(13,6-9(3)4)15-10(16)7-14-11(15)17/h8-9H,5-7,13H2,1-4H3,(H,14,17). The maximum Gasteiger partial charge on any atom is 0.326 e. The van der Waals surface area contributed by atoms with E-state index in [1.165, 1.54) is 4.90 Å². The first kappa shape index (κ1) is 14.0. The largest absolute Gasteiger partial charge is 0.328 e. The second-order valence-corrected chi connectivity index (χ2v) is 5.69. The molecule has 0 bridgehead atoms. The van der Waals surface area contributed by atoms with E-state index < -0.39 is 5.66 Å². The number of carbonyl (C=O) groups is 2. The van der Waals surface area contributed by atoms with E-state index in [0.717, 1.165) is 0 Å². The number of nitrogens with one attached hydrogen (secondary N) is 1. The molecule has 0 atom stereocenters. The van der Waals surface area contributed by atoms with Gasteiger partial charge in [0.25, 0.3) is 5.91 Å². The summed E-state index contributed by atoms with van der Waals surface area (Å²) in [5.74, 6) is 0.443. The van der Waals surface area contributed by atoms with Crippen molar-refractivity contribution in [3.05, 3.63) is 0 Å². The van der Waals surface area contributed by atoms with E-state index in [-0.39, 0.29) is 18.5 Å². The van der Waals surface area contributed by atoms with Crippen molar-refractivity contribution in [3.8, 4) is 0 Å². The summed E-state index contributed by atoms with van der Waals surface area (Å²) in [7, 11) is 0. The molecule has 0 spiro atoms. The van der Waals surface area contributed by atoms with Gasteiger partial charge in [0.1, 0.15) is 5.66 Å². The number of rotatable bonds is 5. The van der Waals surface area contributed by atoms with Gasteiger partial charge in [-0.05, 0) is 24.7 Å². The highest BCUT2D eigenvalue weighted by atomic mass is 16.2. The van der Waals surface area contributed by atoms with Crippen LogP contribution >= 0.6 is 0 Å². The van der Waals surface area contributed by atoms with E-state index in [9.17, 15) is 9.59 Å². The Morgan fingerprint density at radius 3 is 2.00 bits per heavy atom. The number of hydrogen-bond acceptors (Lipinski definition) is 3. The van der Waals surface area contributed by atoms with Crippen LogP contribution in [0.25, 0.3) is 0 Å². The molecule has 3 N–H and O–H groups in total. The van der Waals surface area contributed by atoms with Crippen LogP contribution in [0.5, 0.6) is 0 Å². The predicted molar refractivity (Wildman–Crippen MR) is 66.1 cm³/mol. The summed E-state index contributed by atoms with van der Waals surface area (Å²) in [5.41, 5.74) is 5.47. The fourth-order valence-corrected chi connectivity index (χ4v) is 2.55. The summed E-state index contributed by atoms with van der Waals surface area (Å²) in [6.45, 7) is 8.23. The molecule has 1 saturated heterocycles. The Morgan fingerprint density at radius 1 is 1.24 bits per heavy atom. The van der Waals surface area contributed by atoms with Crippen LogP contribution < -0.4 is 11.1 Å². The number of nitrogens with two attached hydrogens (primary N) is 1. The van der Waals surface area contributed by atoms with E-state index in [2.05, 4.69) is 5.32 Å². The van der Waals surface area contributed by atoms with Crippen LogP contribution in [-0.4, -0.2) is 29.0 Å². The first-order valence-electron chi connectivity index (χ1n) is 6.16. The number of amides is 3. The van der Waals surface area contributed by atoms with E-state index >= 15 is 0 Å². The van der Waals surface area contributed by atoms with Crippen molar-refractivity contribution in [1.82, 2.24) is 10.2 Å². The summed E-state index contributed by atoms with van der Waals surface area (Å²) in [4.78, 5) is 24.7. The van der Waals surface area contributed by atoms with Crippen LogP contribution in [0.15, 0.2) is 0 Å². The van der Waals surface area contributed by atoms with Crippen LogP contribution in [0.4, 0.5) is 4.79 Å². The lowest BCUT2D eigenvalue weighted by atomic mass is 9.88. The molecule has 98 valence electrons. The summed E-state index contributed by atoms with van der Waals surface area (Å²) in [5, 5.41) is 2.53. The van der Waals surface area contributed by atoms with Crippen molar-refractivity contribution in [2.75, 3.05) is 6.54 Å². The third-order valence-corrected chi connectivity index (χ3v) is 2.81. The lowest BCUT2D eigenvalue weighted by molar-refractivity contribution is -0.130. The minimum absolute atomic E-state index is 0.0635. The van der Waals surface area contributed by atoms with Gasteiger partial charge in [-0.25, -0.2) is 9.69 Å². The molecule has 17 heavy (non-hydrogen) atoms. The molecule has 0 radical (unpaired) electrons. The van der Waals surface area contributed by atoms with Crippen molar-refractivity contribution < 1.29 is 9.59 Å². The van der Waals surface area contributed by atoms with Crippen molar-refractivity contribution in [1.29, 1.82) is 0 Å². The second kappa shape index (κ2) is 5.04. The molecule has 1 rings (SSSR count). The third kappa shape index (κ3) is 3.19.